The molecule has 0 fully saturated rings. The first-order valence-corrected chi connectivity index (χ1v) is 8.50. The van der Waals surface area contributed by atoms with E-state index in [1.165, 1.54) is 0 Å². The molecule has 0 aliphatic carbocycles. The maximum Gasteiger partial charge on any atom is 0.251 e. The van der Waals surface area contributed by atoms with E-state index >= 15 is 0 Å². The fourth-order valence-corrected chi connectivity index (χ4v) is 4.52. The Morgan fingerprint density at radius 1 is 1.44 bits per heavy atom. The van der Waals surface area contributed by atoms with Gasteiger partial charge in [-0.1, -0.05) is 13.8 Å². The van der Waals surface area contributed by atoms with Crippen LogP contribution in [0.4, 0.5) is 0 Å². The molecule has 0 aliphatic rings. The number of amides is 1. The lowest BCUT2D eigenvalue weighted by Crippen LogP contribution is -2.36. The molecule has 1 amide bonds. The van der Waals surface area contributed by atoms with E-state index in [0.717, 1.165) is 11.3 Å². The first-order valence-electron chi connectivity index (χ1n) is 5.35. The van der Waals surface area contributed by atoms with Crippen molar-refractivity contribution < 1.29 is 13.2 Å². The zero-order valence-corrected chi connectivity index (χ0v) is 13.3. The van der Waals surface area contributed by atoms with Crippen molar-refractivity contribution in [1.82, 2.24) is 10.0 Å². The van der Waals surface area contributed by atoms with Crippen LogP contribution in [-0.4, -0.2) is 27.4 Å². The second-order valence-corrected chi connectivity index (χ2v) is 7.63. The van der Waals surface area contributed by atoms with E-state index in [4.69, 9.17) is 0 Å². The van der Waals surface area contributed by atoms with E-state index in [1.54, 1.807) is 25.3 Å². The van der Waals surface area contributed by atoms with Crippen LogP contribution in [0.25, 0.3) is 0 Å². The fourth-order valence-electron chi connectivity index (χ4n) is 1.11. The van der Waals surface area contributed by atoms with Crippen LogP contribution in [0.15, 0.2) is 20.1 Å². The van der Waals surface area contributed by atoms with Crippen LogP contribution in [0.2, 0.25) is 0 Å². The van der Waals surface area contributed by atoms with Crippen LogP contribution in [0.1, 0.15) is 13.8 Å². The van der Waals surface area contributed by atoms with Gasteiger partial charge in [0.05, 0.1) is 0 Å². The van der Waals surface area contributed by atoms with Gasteiger partial charge < -0.3 is 5.32 Å². The number of hydrogen-bond donors (Lipinski definition) is 2. The molecule has 1 rings (SSSR count). The van der Waals surface area contributed by atoms with Gasteiger partial charge in [-0.15, -0.1) is 11.3 Å². The summed E-state index contributed by atoms with van der Waals surface area (Å²) in [6.45, 7) is 4.01. The Kier molecular flexibility index (Phi) is 5.77. The zero-order valence-electron chi connectivity index (χ0n) is 10.1. The Balaban J connectivity index is 2.45. The zero-order chi connectivity index (χ0) is 13.8. The van der Waals surface area contributed by atoms with Crippen LogP contribution >= 0.6 is 27.3 Å². The minimum absolute atomic E-state index is 0.0912. The Morgan fingerprint density at radius 3 is 2.61 bits per heavy atom. The van der Waals surface area contributed by atoms with E-state index in [9.17, 15) is 13.2 Å². The van der Waals surface area contributed by atoms with Crippen molar-refractivity contribution in [1.29, 1.82) is 0 Å². The predicted octanol–water partition coefficient (Wildman–Crippen LogP) is 1.56. The number of halogens is 1. The lowest BCUT2D eigenvalue weighted by Gasteiger charge is -2.08. The van der Waals surface area contributed by atoms with Crippen molar-refractivity contribution in [2.45, 2.75) is 18.1 Å². The molecule has 0 radical (unpaired) electrons. The highest BCUT2D eigenvalue weighted by molar-refractivity contribution is 9.10. The molecule has 2 N–H and O–H groups in total. The topological polar surface area (TPSA) is 75.3 Å². The molecule has 0 bridgehead atoms. The Labute approximate surface area is 119 Å². The normalized spacial score (nSPS) is 11.8. The molecule has 5 nitrogen and oxygen atoms in total. The summed E-state index contributed by atoms with van der Waals surface area (Å²) in [4.78, 5) is 11.3. The van der Waals surface area contributed by atoms with Gasteiger partial charge in [-0.2, -0.15) is 0 Å². The van der Waals surface area contributed by atoms with Crippen molar-refractivity contribution in [3.05, 3.63) is 15.9 Å². The Bertz CT molecular complexity index is 511. The molecule has 18 heavy (non-hydrogen) atoms. The maximum atomic E-state index is 11.8. The quantitative estimate of drug-likeness (QED) is 0.761. The minimum Gasteiger partial charge on any atom is -0.355 e. The number of hydrogen-bond acceptors (Lipinski definition) is 4. The molecule has 0 atom stereocenters. The summed E-state index contributed by atoms with van der Waals surface area (Å²) in [6.07, 6.45) is 0. The van der Waals surface area contributed by atoms with Gasteiger partial charge >= 0.3 is 0 Å². The van der Waals surface area contributed by atoms with E-state index in [-0.39, 0.29) is 29.1 Å². The van der Waals surface area contributed by atoms with Crippen molar-refractivity contribution in [2.24, 2.45) is 5.92 Å². The number of nitrogens with one attached hydrogen (secondary N) is 2. The summed E-state index contributed by atoms with van der Waals surface area (Å²) < 4.78 is 26.9. The number of rotatable bonds is 6. The maximum absolute atomic E-state index is 11.8. The Hall–Kier alpha value is -0.440. The van der Waals surface area contributed by atoms with Gasteiger partial charge in [-0.05, 0) is 27.4 Å². The third-order valence-electron chi connectivity index (χ3n) is 2.07. The molecule has 1 aromatic heterocycles. The molecular formula is C10H15BrN2O3S2. The molecule has 0 aliphatic heterocycles. The van der Waals surface area contributed by atoms with Gasteiger partial charge in [-0.3, -0.25) is 4.79 Å². The molecule has 0 aromatic carbocycles. The molecule has 0 saturated carbocycles. The monoisotopic (exact) mass is 354 g/mol. The van der Waals surface area contributed by atoms with Gasteiger partial charge in [0.25, 0.3) is 10.0 Å². The number of carbonyl (C=O) groups excluding carboxylic acids is 1. The van der Waals surface area contributed by atoms with Gasteiger partial charge in [0.2, 0.25) is 5.91 Å². The molecule has 0 unspecified atom stereocenters. The molecular weight excluding hydrogens is 340 g/mol. The summed E-state index contributed by atoms with van der Waals surface area (Å²) in [5.41, 5.74) is 0. The molecule has 1 heterocycles. The molecule has 0 saturated heterocycles. The molecule has 0 spiro atoms. The van der Waals surface area contributed by atoms with Gasteiger partial charge in [0.15, 0.2) is 0 Å². The third kappa shape index (κ3) is 4.34. The largest absolute Gasteiger partial charge is 0.355 e. The van der Waals surface area contributed by atoms with Gasteiger partial charge in [0.1, 0.15) is 4.21 Å². The van der Waals surface area contributed by atoms with Crippen LogP contribution < -0.4 is 10.0 Å². The van der Waals surface area contributed by atoms with Crippen LogP contribution in [0.5, 0.6) is 0 Å². The van der Waals surface area contributed by atoms with Gasteiger partial charge in [0, 0.05) is 23.5 Å². The van der Waals surface area contributed by atoms with Gasteiger partial charge in [-0.25, -0.2) is 13.1 Å². The lowest BCUT2D eigenvalue weighted by molar-refractivity contribution is -0.123. The Morgan fingerprint density at radius 2 is 2.11 bits per heavy atom. The molecule has 1 aromatic rings. The average molecular weight is 355 g/mol. The summed E-state index contributed by atoms with van der Waals surface area (Å²) in [6, 6.07) is 1.68. The summed E-state index contributed by atoms with van der Waals surface area (Å²) in [5, 5.41) is 4.33. The fraction of sp³-hybridized carbons (Fsp3) is 0.500. The van der Waals surface area contributed by atoms with Crippen molar-refractivity contribution in [3.63, 3.8) is 0 Å². The van der Waals surface area contributed by atoms with Crippen LogP contribution in [-0.2, 0) is 14.8 Å². The highest BCUT2D eigenvalue weighted by Gasteiger charge is 2.18. The van der Waals surface area contributed by atoms with Crippen molar-refractivity contribution in [3.8, 4) is 0 Å². The predicted molar refractivity (Wildman–Crippen MR) is 75.1 cm³/mol. The minimum atomic E-state index is -3.50. The highest BCUT2D eigenvalue weighted by Crippen LogP contribution is 2.26. The highest BCUT2D eigenvalue weighted by atomic mass is 79.9. The number of thiophene rings is 1. The van der Waals surface area contributed by atoms with E-state index in [0.29, 0.717) is 4.47 Å². The van der Waals surface area contributed by atoms with E-state index < -0.39 is 10.0 Å². The second kappa shape index (κ2) is 6.65. The first kappa shape index (κ1) is 15.6. The molecule has 102 valence electrons. The van der Waals surface area contributed by atoms with Crippen LogP contribution in [0.3, 0.4) is 0 Å². The number of sulfonamides is 1. The summed E-state index contributed by atoms with van der Waals surface area (Å²) in [5.74, 6) is -0.195. The first-order chi connectivity index (χ1) is 8.34. The van der Waals surface area contributed by atoms with E-state index in [1.807, 2.05) is 0 Å². The van der Waals surface area contributed by atoms with Crippen molar-refractivity contribution >= 4 is 43.2 Å². The SMILES string of the molecule is CC(C)C(=O)NCCNS(=O)(=O)c1sccc1Br. The summed E-state index contributed by atoms with van der Waals surface area (Å²) in [7, 11) is -3.50. The smallest absolute Gasteiger partial charge is 0.251 e. The average Bonchev–Trinajstić information content (AvgIpc) is 2.71. The standard InChI is InChI=1S/C10H15BrN2O3S2/c1-7(2)9(14)12-4-5-13-18(15,16)10-8(11)3-6-17-10/h3,6-7,13H,4-5H2,1-2H3,(H,12,14). The van der Waals surface area contributed by atoms with Crippen molar-refractivity contribution in [2.75, 3.05) is 13.1 Å². The van der Waals surface area contributed by atoms with Crippen LogP contribution in [0, 0.1) is 5.92 Å². The van der Waals surface area contributed by atoms with E-state index in [2.05, 4.69) is 26.0 Å². The third-order valence-corrected chi connectivity index (χ3v) is 6.20. The number of carbonyl (C=O) groups is 1. The lowest BCUT2D eigenvalue weighted by atomic mass is 10.2. The summed E-state index contributed by atoms with van der Waals surface area (Å²) >= 11 is 4.32. The molecule has 8 heteroatoms. The second-order valence-electron chi connectivity index (χ2n) is 3.90.